The van der Waals surface area contributed by atoms with Gasteiger partial charge in [-0.1, -0.05) is 6.07 Å². The average Bonchev–Trinajstić information content (AvgIpc) is 2.85. The molecule has 1 aromatic rings. The largest absolute Gasteiger partial charge is 0.389 e. The molecule has 2 unspecified atom stereocenters. The second kappa shape index (κ2) is 9.47. The van der Waals surface area contributed by atoms with Crippen molar-refractivity contribution in [1.82, 2.24) is 5.32 Å². The SMILES string of the molecule is COCCOCC(O)CNC(C)Cc1cccs1. The topological polar surface area (TPSA) is 50.7 Å². The Bertz CT molecular complexity index is 292. The molecule has 0 amide bonds. The Morgan fingerprint density at radius 1 is 1.44 bits per heavy atom. The molecule has 18 heavy (non-hydrogen) atoms. The molecule has 1 aromatic heterocycles. The summed E-state index contributed by atoms with van der Waals surface area (Å²) >= 11 is 1.76. The number of aliphatic hydroxyl groups is 1. The lowest BCUT2D eigenvalue weighted by Gasteiger charge is -2.16. The first-order valence-corrected chi connectivity index (χ1v) is 7.11. The zero-order valence-electron chi connectivity index (χ0n) is 11.1. The van der Waals surface area contributed by atoms with E-state index >= 15 is 0 Å². The van der Waals surface area contributed by atoms with Gasteiger partial charge >= 0.3 is 0 Å². The lowest BCUT2D eigenvalue weighted by molar-refractivity contribution is 0.0131. The number of thiophene rings is 1. The number of hydrogen-bond acceptors (Lipinski definition) is 5. The minimum Gasteiger partial charge on any atom is -0.389 e. The molecule has 1 heterocycles. The van der Waals surface area contributed by atoms with Crippen LogP contribution in [0.25, 0.3) is 0 Å². The lowest BCUT2D eigenvalue weighted by atomic mass is 10.2. The van der Waals surface area contributed by atoms with Crippen LogP contribution in [0.2, 0.25) is 0 Å². The Balaban J connectivity index is 2.04. The summed E-state index contributed by atoms with van der Waals surface area (Å²) in [7, 11) is 1.63. The fourth-order valence-corrected chi connectivity index (χ4v) is 2.40. The highest BCUT2D eigenvalue weighted by Crippen LogP contribution is 2.10. The highest BCUT2D eigenvalue weighted by Gasteiger charge is 2.08. The molecule has 2 N–H and O–H groups in total. The second-order valence-corrected chi connectivity index (χ2v) is 5.35. The van der Waals surface area contributed by atoms with E-state index in [-0.39, 0.29) is 0 Å². The van der Waals surface area contributed by atoms with Crippen LogP contribution in [0.1, 0.15) is 11.8 Å². The van der Waals surface area contributed by atoms with Crippen LogP contribution in [-0.4, -0.2) is 50.7 Å². The Morgan fingerprint density at radius 3 is 2.94 bits per heavy atom. The molecule has 0 radical (unpaired) electrons. The van der Waals surface area contributed by atoms with Crippen molar-refractivity contribution < 1.29 is 14.6 Å². The number of nitrogens with one attached hydrogen (secondary N) is 1. The first-order valence-electron chi connectivity index (χ1n) is 6.23. The van der Waals surface area contributed by atoms with Gasteiger partial charge in [0.05, 0.1) is 25.9 Å². The van der Waals surface area contributed by atoms with E-state index in [0.29, 0.717) is 32.4 Å². The van der Waals surface area contributed by atoms with Gasteiger partial charge in [-0.25, -0.2) is 0 Å². The van der Waals surface area contributed by atoms with Crippen LogP contribution in [0.5, 0.6) is 0 Å². The maximum Gasteiger partial charge on any atom is 0.0897 e. The predicted molar refractivity (Wildman–Crippen MR) is 74.2 cm³/mol. The molecule has 0 aromatic carbocycles. The lowest BCUT2D eigenvalue weighted by Crippen LogP contribution is -2.37. The van der Waals surface area contributed by atoms with Crippen LogP contribution in [-0.2, 0) is 15.9 Å². The zero-order valence-corrected chi connectivity index (χ0v) is 11.9. The number of ether oxygens (including phenoxy) is 2. The summed E-state index contributed by atoms with van der Waals surface area (Å²) in [4.78, 5) is 1.36. The molecule has 1 rings (SSSR count). The van der Waals surface area contributed by atoms with E-state index in [2.05, 4.69) is 29.8 Å². The van der Waals surface area contributed by atoms with Crippen molar-refractivity contribution in [3.63, 3.8) is 0 Å². The first kappa shape index (κ1) is 15.6. The minimum absolute atomic E-state index is 0.349. The minimum atomic E-state index is -0.465. The van der Waals surface area contributed by atoms with Crippen molar-refractivity contribution in [2.45, 2.75) is 25.5 Å². The number of methoxy groups -OCH3 is 1. The molecule has 104 valence electrons. The molecule has 2 atom stereocenters. The van der Waals surface area contributed by atoms with Crippen molar-refractivity contribution in [2.24, 2.45) is 0 Å². The van der Waals surface area contributed by atoms with Crippen molar-refractivity contribution in [2.75, 3.05) is 33.5 Å². The van der Waals surface area contributed by atoms with Gasteiger partial charge in [-0.3, -0.25) is 0 Å². The van der Waals surface area contributed by atoms with Gasteiger partial charge in [0.2, 0.25) is 0 Å². The quantitative estimate of drug-likeness (QED) is 0.631. The van der Waals surface area contributed by atoms with Gasteiger partial charge < -0.3 is 19.9 Å². The second-order valence-electron chi connectivity index (χ2n) is 4.31. The van der Waals surface area contributed by atoms with E-state index in [1.54, 1.807) is 18.4 Å². The van der Waals surface area contributed by atoms with Gasteiger partial charge in [0, 0.05) is 24.6 Å². The molecule has 0 bridgehead atoms. The van der Waals surface area contributed by atoms with Crippen LogP contribution >= 0.6 is 11.3 Å². The van der Waals surface area contributed by atoms with Gasteiger partial charge in [0.25, 0.3) is 0 Å². The van der Waals surface area contributed by atoms with Gasteiger partial charge in [0.15, 0.2) is 0 Å². The van der Waals surface area contributed by atoms with Crippen LogP contribution in [0, 0.1) is 0 Å². The summed E-state index contributed by atoms with van der Waals surface area (Å²) < 4.78 is 10.1. The summed E-state index contributed by atoms with van der Waals surface area (Å²) in [6.45, 7) is 4.12. The van der Waals surface area contributed by atoms with Crippen LogP contribution in [0.15, 0.2) is 17.5 Å². The summed E-state index contributed by atoms with van der Waals surface area (Å²) in [5, 5.41) is 15.1. The Kier molecular flexibility index (Phi) is 8.20. The van der Waals surface area contributed by atoms with Gasteiger partial charge in [0.1, 0.15) is 0 Å². The summed E-state index contributed by atoms with van der Waals surface area (Å²) in [5.74, 6) is 0. The van der Waals surface area contributed by atoms with Gasteiger partial charge in [-0.15, -0.1) is 11.3 Å². The third-order valence-electron chi connectivity index (χ3n) is 2.53. The molecule has 0 saturated carbocycles. The van der Waals surface area contributed by atoms with Crippen molar-refractivity contribution in [1.29, 1.82) is 0 Å². The standard InChI is InChI=1S/C13H23NO3S/c1-11(8-13-4-3-7-18-13)14-9-12(15)10-17-6-5-16-2/h3-4,7,11-12,14-15H,5-6,8-10H2,1-2H3. The fraction of sp³-hybridized carbons (Fsp3) is 0.692. The zero-order chi connectivity index (χ0) is 13.2. The molecular weight excluding hydrogens is 250 g/mol. The first-order chi connectivity index (χ1) is 8.72. The molecule has 0 aliphatic heterocycles. The maximum absolute atomic E-state index is 9.70. The third kappa shape index (κ3) is 7.08. The smallest absolute Gasteiger partial charge is 0.0897 e. The average molecular weight is 273 g/mol. The molecule has 0 spiro atoms. The summed E-state index contributed by atoms with van der Waals surface area (Å²) in [6, 6.07) is 4.55. The van der Waals surface area contributed by atoms with Gasteiger partial charge in [-0.2, -0.15) is 0 Å². The molecule has 0 aliphatic rings. The molecule has 4 nitrogen and oxygen atoms in total. The summed E-state index contributed by atoms with van der Waals surface area (Å²) in [6.07, 6.45) is 0.530. The van der Waals surface area contributed by atoms with Crippen molar-refractivity contribution >= 4 is 11.3 Å². The Hall–Kier alpha value is -0.460. The van der Waals surface area contributed by atoms with Crippen LogP contribution in [0.4, 0.5) is 0 Å². The van der Waals surface area contributed by atoms with E-state index < -0.39 is 6.10 Å². The molecule has 0 fully saturated rings. The highest BCUT2D eigenvalue weighted by atomic mass is 32.1. The highest BCUT2D eigenvalue weighted by molar-refractivity contribution is 7.09. The number of aliphatic hydroxyl groups excluding tert-OH is 1. The predicted octanol–water partition coefficient (Wildman–Crippen LogP) is 1.29. The molecular formula is C13H23NO3S. The van der Waals surface area contributed by atoms with E-state index in [1.165, 1.54) is 4.88 Å². The molecule has 0 saturated heterocycles. The van der Waals surface area contributed by atoms with E-state index in [9.17, 15) is 5.11 Å². The van der Waals surface area contributed by atoms with Crippen LogP contribution in [0.3, 0.4) is 0 Å². The Morgan fingerprint density at radius 2 is 2.28 bits per heavy atom. The van der Waals surface area contributed by atoms with E-state index in [4.69, 9.17) is 9.47 Å². The normalized spacial score (nSPS) is 14.6. The number of hydrogen-bond donors (Lipinski definition) is 2. The van der Waals surface area contributed by atoms with Gasteiger partial charge in [-0.05, 0) is 24.8 Å². The monoisotopic (exact) mass is 273 g/mol. The fourth-order valence-electron chi connectivity index (χ4n) is 1.56. The van der Waals surface area contributed by atoms with Crippen LogP contribution < -0.4 is 5.32 Å². The van der Waals surface area contributed by atoms with Crippen molar-refractivity contribution in [3.05, 3.63) is 22.4 Å². The van der Waals surface area contributed by atoms with Crippen molar-refractivity contribution in [3.8, 4) is 0 Å². The van der Waals surface area contributed by atoms with E-state index in [0.717, 1.165) is 6.42 Å². The third-order valence-corrected chi connectivity index (χ3v) is 3.43. The Labute approximate surface area is 113 Å². The summed E-state index contributed by atoms with van der Waals surface area (Å²) in [5.41, 5.74) is 0. The maximum atomic E-state index is 9.70. The van der Waals surface area contributed by atoms with E-state index in [1.807, 2.05) is 0 Å². The number of rotatable bonds is 10. The molecule has 0 aliphatic carbocycles. The molecule has 5 heteroatoms.